The van der Waals surface area contributed by atoms with Gasteiger partial charge in [0.25, 0.3) is 11.8 Å². The standard InChI is InChI=1S/C25H24BrN3O4S/c1-17-14-21(10-11-22(17)26)33-16-23(30)28-29-25(34)27-24(31)19-8-5-9-20(15-19)32-13-12-18-6-3-2-4-7-18/h2-11,14-15H,12-13,16H2,1H3,(H,28,30)(H2,27,29,31,34). The lowest BCUT2D eigenvalue weighted by molar-refractivity contribution is -0.123. The summed E-state index contributed by atoms with van der Waals surface area (Å²) in [7, 11) is 0. The van der Waals surface area contributed by atoms with E-state index in [4.69, 9.17) is 21.7 Å². The molecular weight excluding hydrogens is 518 g/mol. The van der Waals surface area contributed by atoms with Crippen LogP contribution in [-0.2, 0) is 11.2 Å². The lowest BCUT2D eigenvalue weighted by Crippen LogP contribution is -2.49. The van der Waals surface area contributed by atoms with Gasteiger partial charge in [-0.25, -0.2) is 0 Å². The second kappa shape index (κ2) is 12.7. The maximum absolute atomic E-state index is 12.5. The highest BCUT2D eigenvalue weighted by molar-refractivity contribution is 9.10. The molecule has 34 heavy (non-hydrogen) atoms. The SMILES string of the molecule is Cc1cc(OCC(=O)NNC(=S)NC(=O)c2cccc(OCCc3ccccc3)c2)ccc1Br. The first-order valence-corrected chi connectivity index (χ1v) is 11.7. The number of carbonyl (C=O) groups excluding carboxylic acids is 2. The van der Waals surface area contributed by atoms with Gasteiger partial charge in [-0.2, -0.15) is 0 Å². The minimum Gasteiger partial charge on any atom is -0.493 e. The first kappa shape index (κ1) is 25.2. The van der Waals surface area contributed by atoms with E-state index in [0.717, 1.165) is 16.5 Å². The van der Waals surface area contributed by atoms with Crippen LogP contribution >= 0.6 is 28.1 Å². The molecule has 9 heteroatoms. The van der Waals surface area contributed by atoms with Gasteiger partial charge in [0.2, 0.25) is 0 Å². The minimum atomic E-state index is -0.453. The molecule has 176 valence electrons. The zero-order valence-corrected chi connectivity index (χ0v) is 20.9. The molecule has 3 aromatic carbocycles. The molecule has 0 aliphatic rings. The monoisotopic (exact) mass is 541 g/mol. The Kier molecular flexibility index (Phi) is 9.42. The summed E-state index contributed by atoms with van der Waals surface area (Å²) in [6, 6.07) is 22.2. The van der Waals surface area contributed by atoms with Crippen LogP contribution in [0.15, 0.2) is 77.3 Å². The van der Waals surface area contributed by atoms with Crippen LogP contribution in [-0.4, -0.2) is 30.1 Å². The number of halogens is 1. The molecule has 0 spiro atoms. The molecule has 0 atom stereocenters. The third kappa shape index (κ3) is 8.17. The summed E-state index contributed by atoms with van der Waals surface area (Å²) in [5, 5.41) is 2.47. The molecular formula is C25H24BrN3O4S. The van der Waals surface area contributed by atoms with E-state index in [-0.39, 0.29) is 11.7 Å². The van der Waals surface area contributed by atoms with Gasteiger partial charge in [0.1, 0.15) is 11.5 Å². The third-order valence-corrected chi connectivity index (χ3v) is 5.73. The van der Waals surface area contributed by atoms with E-state index in [1.54, 1.807) is 30.3 Å². The summed E-state index contributed by atoms with van der Waals surface area (Å²) in [5.41, 5.74) is 7.42. The number of benzene rings is 3. The zero-order valence-electron chi connectivity index (χ0n) is 18.5. The fraction of sp³-hybridized carbons (Fsp3) is 0.160. The Morgan fingerprint density at radius 1 is 0.912 bits per heavy atom. The Hall–Kier alpha value is -3.43. The number of hydrogen-bond donors (Lipinski definition) is 3. The van der Waals surface area contributed by atoms with E-state index in [1.165, 1.54) is 5.56 Å². The molecule has 0 heterocycles. The van der Waals surface area contributed by atoms with Gasteiger partial charge in [0.15, 0.2) is 11.7 Å². The van der Waals surface area contributed by atoms with Crippen LogP contribution in [0.5, 0.6) is 11.5 Å². The molecule has 0 unspecified atom stereocenters. The molecule has 0 aliphatic carbocycles. The molecule has 7 nitrogen and oxygen atoms in total. The normalized spacial score (nSPS) is 10.2. The van der Waals surface area contributed by atoms with Crippen molar-refractivity contribution in [1.82, 2.24) is 16.2 Å². The average Bonchev–Trinajstić information content (AvgIpc) is 2.84. The number of thiocarbonyl (C=S) groups is 1. The van der Waals surface area contributed by atoms with Crippen molar-refractivity contribution in [2.45, 2.75) is 13.3 Å². The Labute approximate surface area is 211 Å². The number of rotatable bonds is 8. The summed E-state index contributed by atoms with van der Waals surface area (Å²) in [5.74, 6) is 0.265. The summed E-state index contributed by atoms with van der Waals surface area (Å²) in [4.78, 5) is 24.5. The van der Waals surface area contributed by atoms with Gasteiger partial charge < -0.3 is 9.47 Å². The van der Waals surface area contributed by atoms with Gasteiger partial charge in [0, 0.05) is 16.5 Å². The van der Waals surface area contributed by atoms with Gasteiger partial charge in [-0.05, 0) is 66.7 Å². The number of hydrogen-bond acceptors (Lipinski definition) is 5. The van der Waals surface area contributed by atoms with Crippen molar-refractivity contribution in [1.29, 1.82) is 0 Å². The second-order valence-corrected chi connectivity index (χ2v) is 8.53. The topological polar surface area (TPSA) is 88.7 Å². The van der Waals surface area contributed by atoms with Gasteiger partial charge in [-0.3, -0.25) is 25.8 Å². The first-order valence-electron chi connectivity index (χ1n) is 10.5. The maximum Gasteiger partial charge on any atom is 0.276 e. The molecule has 0 fully saturated rings. The van der Waals surface area contributed by atoms with Crippen molar-refractivity contribution in [2.24, 2.45) is 0 Å². The predicted octanol–water partition coefficient (Wildman–Crippen LogP) is 4.09. The summed E-state index contributed by atoms with van der Waals surface area (Å²) in [6.45, 7) is 2.20. The highest BCUT2D eigenvalue weighted by Gasteiger charge is 2.10. The second-order valence-electron chi connectivity index (χ2n) is 7.27. The lowest BCUT2D eigenvalue weighted by atomic mass is 10.2. The van der Waals surface area contributed by atoms with Crippen LogP contribution in [0.2, 0.25) is 0 Å². The van der Waals surface area contributed by atoms with Crippen LogP contribution in [0, 0.1) is 6.92 Å². The molecule has 0 saturated carbocycles. The zero-order chi connectivity index (χ0) is 24.3. The highest BCUT2D eigenvalue weighted by atomic mass is 79.9. The number of hydrazine groups is 1. The van der Waals surface area contributed by atoms with E-state index >= 15 is 0 Å². The Bertz CT molecular complexity index is 1160. The lowest BCUT2D eigenvalue weighted by Gasteiger charge is -2.12. The van der Waals surface area contributed by atoms with E-state index < -0.39 is 11.8 Å². The van der Waals surface area contributed by atoms with Crippen molar-refractivity contribution in [3.05, 3.63) is 94.0 Å². The number of ether oxygens (including phenoxy) is 2. The van der Waals surface area contributed by atoms with Crippen molar-refractivity contribution in [3.8, 4) is 11.5 Å². The Morgan fingerprint density at radius 3 is 2.44 bits per heavy atom. The van der Waals surface area contributed by atoms with E-state index in [1.807, 2.05) is 49.4 Å². The van der Waals surface area contributed by atoms with Crippen molar-refractivity contribution in [2.75, 3.05) is 13.2 Å². The van der Waals surface area contributed by atoms with Gasteiger partial charge in [-0.15, -0.1) is 0 Å². The summed E-state index contributed by atoms with van der Waals surface area (Å²) in [6.07, 6.45) is 0.760. The van der Waals surface area contributed by atoms with Gasteiger partial charge in [0.05, 0.1) is 6.61 Å². The molecule has 3 aromatic rings. The average molecular weight is 542 g/mol. The number of carbonyl (C=O) groups is 2. The predicted molar refractivity (Wildman–Crippen MR) is 138 cm³/mol. The molecule has 0 aliphatic heterocycles. The smallest absolute Gasteiger partial charge is 0.276 e. The van der Waals surface area contributed by atoms with Crippen LogP contribution in [0.3, 0.4) is 0 Å². The van der Waals surface area contributed by atoms with E-state index in [9.17, 15) is 9.59 Å². The first-order chi connectivity index (χ1) is 16.4. The number of amides is 2. The van der Waals surface area contributed by atoms with Crippen LogP contribution in [0.4, 0.5) is 0 Å². The number of nitrogens with one attached hydrogen (secondary N) is 3. The van der Waals surface area contributed by atoms with Crippen LogP contribution < -0.4 is 25.6 Å². The van der Waals surface area contributed by atoms with E-state index in [2.05, 4.69) is 32.1 Å². The van der Waals surface area contributed by atoms with Crippen molar-refractivity contribution >= 4 is 45.1 Å². The Morgan fingerprint density at radius 2 is 1.68 bits per heavy atom. The van der Waals surface area contributed by atoms with Gasteiger partial charge in [-0.1, -0.05) is 52.3 Å². The molecule has 2 amide bonds. The fourth-order valence-corrected chi connectivity index (χ4v) is 3.27. The summed E-state index contributed by atoms with van der Waals surface area (Å²) < 4.78 is 12.2. The molecule has 0 aromatic heterocycles. The molecule has 3 N–H and O–H groups in total. The number of aryl methyl sites for hydroxylation is 1. The quantitative estimate of drug-likeness (QED) is 0.294. The molecule has 3 rings (SSSR count). The summed E-state index contributed by atoms with van der Waals surface area (Å²) >= 11 is 8.49. The van der Waals surface area contributed by atoms with Crippen molar-refractivity contribution < 1.29 is 19.1 Å². The molecule has 0 radical (unpaired) electrons. The maximum atomic E-state index is 12.5. The fourth-order valence-electron chi connectivity index (χ4n) is 2.88. The van der Waals surface area contributed by atoms with E-state index in [0.29, 0.717) is 23.7 Å². The Balaban J connectivity index is 1.40. The van der Waals surface area contributed by atoms with Crippen molar-refractivity contribution in [3.63, 3.8) is 0 Å². The molecule has 0 saturated heterocycles. The minimum absolute atomic E-state index is 0.0479. The third-order valence-electron chi connectivity index (χ3n) is 4.64. The molecule has 0 bridgehead atoms. The van der Waals surface area contributed by atoms with Gasteiger partial charge >= 0.3 is 0 Å². The van der Waals surface area contributed by atoms with Crippen LogP contribution in [0.25, 0.3) is 0 Å². The highest BCUT2D eigenvalue weighted by Crippen LogP contribution is 2.21. The largest absolute Gasteiger partial charge is 0.493 e. The van der Waals surface area contributed by atoms with Crippen LogP contribution in [0.1, 0.15) is 21.5 Å².